The Kier molecular flexibility index (Phi) is 7.27. The van der Waals surface area contributed by atoms with Crippen LogP contribution in [-0.2, 0) is 11.3 Å². The molecule has 1 aliphatic heterocycles. The first kappa shape index (κ1) is 19.4. The highest BCUT2D eigenvalue weighted by atomic mass is 35.5. The molecule has 2 heterocycles. The van der Waals surface area contributed by atoms with Crippen LogP contribution in [0.4, 0.5) is 10.5 Å². The molecule has 7 nitrogen and oxygen atoms in total. The van der Waals surface area contributed by atoms with Gasteiger partial charge in [-0.2, -0.15) is 0 Å². The van der Waals surface area contributed by atoms with Gasteiger partial charge in [0.05, 0.1) is 23.9 Å². The molecule has 1 fully saturated rings. The Labute approximate surface area is 163 Å². The number of morpholine rings is 1. The number of rotatable bonds is 7. The molecule has 1 aromatic heterocycles. The van der Waals surface area contributed by atoms with Crippen molar-refractivity contribution in [1.29, 1.82) is 0 Å². The van der Waals surface area contributed by atoms with Crippen LogP contribution in [0.1, 0.15) is 5.69 Å². The third kappa shape index (κ3) is 6.39. The molecule has 2 amide bonds. The van der Waals surface area contributed by atoms with E-state index in [4.69, 9.17) is 21.1 Å². The molecule has 27 heavy (non-hydrogen) atoms. The Hall–Kier alpha value is -2.35. The summed E-state index contributed by atoms with van der Waals surface area (Å²) in [5, 5.41) is 6.05. The average Bonchev–Trinajstić information content (AvgIpc) is 2.69. The average molecular weight is 391 g/mol. The van der Waals surface area contributed by atoms with E-state index in [1.807, 2.05) is 18.2 Å². The molecule has 0 aliphatic carbocycles. The SMILES string of the molecule is O=C(NCCN1CCOCC1)Nc1ccc(OCc2ccccn2)c(Cl)c1. The Morgan fingerprint density at radius 3 is 2.85 bits per heavy atom. The number of pyridine rings is 1. The number of halogens is 1. The molecule has 0 atom stereocenters. The molecule has 0 unspecified atom stereocenters. The number of carbonyl (C=O) groups excluding carboxylic acids is 1. The van der Waals surface area contributed by atoms with Gasteiger partial charge in [-0.05, 0) is 30.3 Å². The molecule has 2 aromatic rings. The summed E-state index contributed by atoms with van der Waals surface area (Å²) in [6.07, 6.45) is 1.71. The Bertz CT molecular complexity index is 739. The fourth-order valence-electron chi connectivity index (χ4n) is 2.66. The van der Waals surface area contributed by atoms with Gasteiger partial charge < -0.3 is 20.1 Å². The van der Waals surface area contributed by atoms with E-state index in [2.05, 4.69) is 20.5 Å². The Morgan fingerprint density at radius 2 is 2.11 bits per heavy atom. The lowest BCUT2D eigenvalue weighted by Gasteiger charge is -2.26. The van der Waals surface area contributed by atoms with E-state index in [-0.39, 0.29) is 6.03 Å². The van der Waals surface area contributed by atoms with Crippen molar-refractivity contribution in [1.82, 2.24) is 15.2 Å². The van der Waals surface area contributed by atoms with Gasteiger partial charge in [0.2, 0.25) is 0 Å². The molecule has 0 saturated carbocycles. The number of carbonyl (C=O) groups is 1. The van der Waals surface area contributed by atoms with E-state index < -0.39 is 0 Å². The van der Waals surface area contributed by atoms with Crippen LogP contribution in [-0.4, -0.2) is 55.3 Å². The molecule has 1 aromatic carbocycles. The van der Waals surface area contributed by atoms with Gasteiger partial charge in [0.25, 0.3) is 0 Å². The number of urea groups is 1. The summed E-state index contributed by atoms with van der Waals surface area (Å²) in [6.45, 7) is 5.01. The van der Waals surface area contributed by atoms with E-state index in [1.165, 1.54) is 0 Å². The molecule has 144 valence electrons. The van der Waals surface area contributed by atoms with Crippen LogP contribution in [0.15, 0.2) is 42.6 Å². The first-order valence-corrected chi connectivity index (χ1v) is 9.26. The normalized spacial score (nSPS) is 14.6. The number of ether oxygens (including phenoxy) is 2. The van der Waals surface area contributed by atoms with Crippen LogP contribution in [0.25, 0.3) is 0 Å². The summed E-state index contributed by atoms with van der Waals surface area (Å²) in [4.78, 5) is 18.5. The lowest BCUT2D eigenvalue weighted by atomic mass is 10.3. The van der Waals surface area contributed by atoms with Crippen molar-refractivity contribution in [3.63, 3.8) is 0 Å². The molecule has 0 radical (unpaired) electrons. The summed E-state index contributed by atoms with van der Waals surface area (Å²) in [6, 6.07) is 10.5. The Morgan fingerprint density at radius 1 is 1.26 bits per heavy atom. The third-order valence-corrected chi connectivity index (χ3v) is 4.40. The number of benzene rings is 1. The predicted octanol–water partition coefficient (Wildman–Crippen LogP) is 2.77. The van der Waals surface area contributed by atoms with Crippen molar-refractivity contribution < 1.29 is 14.3 Å². The standard InChI is InChI=1S/C19H23ClN4O3/c20-17-13-15(4-5-18(17)27-14-16-3-1-2-6-21-16)23-19(25)22-7-8-24-9-11-26-12-10-24/h1-6,13H,7-12,14H2,(H2,22,23,25). The van der Waals surface area contributed by atoms with E-state index in [9.17, 15) is 4.79 Å². The van der Waals surface area contributed by atoms with Gasteiger partial charge in [0.1, 0.15) is 12.4 Å². The van der Waals surface area contributed by atoms with Gasteiger partial charge >= 0.3 is 6.03 Å². The number of hydrogen-bond donors (Lipinski definition) is 2. The summed E-state index contributed by atoms with van der Waals surface area (Å²) >= 11 is 6.25. The second-order valence-electron chi connectivity index (χ2n) is 6.09. The van der Waals surface area contributed by atoms with Crippen LogP contribution in [0.5, 0.6) is 5.75 Å². The zero-order valence-corrected chi connectivity index (χ0v) is 15.7. The second kappa shape index (κ2) is 10.1. The van der Waals surface area contributed by atoms with E-state index in [1.54, 1.807) is 24.4 Å². The summed E-state index contributed by atoms with van der Waals surface area (Å²) in [7, 11) is 0. The topological polar surface area (TPSA) is 75.7 Å². The van der Waals surface area contributed by atoms with Gasteiger partial charge in [-0.3, -0.25) is 9.88 Å². The lowest BCUT2D eigenvalue weighted by Crippen LogP contribution is -2.42. The predicted molar refractivity (Wildman–Crippen MR) is 104 cm³/mol. The molecule has 1 saturated heterocycles. The smallest absolute Gasteiger partial charge is 0.319 e. The Balaban J connectivity index is 1.43. The van der Waals surface area contributed by atoms with E-state index in [0.717, 1.165) is 38.5 Å². The summed E-state index contributed by atoms with van der Waals surface area (Å²) in [5.74, 6) is 0.542. The van der Waals surface area contributed by atoms with Crippen molar-refractivity contribution in [3.8, 4) is 5.75 Å². The number of hydrogen-bond acceptors (Lipinski definition) is 5. The van der Waals surface area contributed by atoms with Crippen molar-refractivity contribution in [3.05, 3.63) is 53.3 Å². The highest BCUT2D eigenvalue weighted by Crippen LogP contribution is 2.28. The number of aromatic nitrogens is 1. The summed E-state index contributed by atoms with van der Waals surface area (Å²) in [5.41, 5.74) is 1.42. The minimum atomic E-state index is -0.263. The molecule has 1 aliphatic rings. The number of nitrogens with zero attached hydrogens (tertiary/aromatic N) is 2. The molecule has 2 N–H and O–H groups in total. The fraction of sp³-hybridized carbons (Fsp3) is 0.368. The first-order chi connectivity index (χ1) is 13.2. The summed E-state index contributed by atoms with van der Waals surface area (Å²) < 4.78 is 11.0. The van der Waals surface area contributed by atoms with Gasteiger partial charge in [-0.15, -0.1) is 0 Å². The number of amides is 2. The third-order valence-electron chi connectivity index (χ3n) is 4.11. The van der Waals surface area contributed by atoms with Crippen LogP contribution >= 0.6 is 11.6 Å². The van der Waals surface area contributed by atoms with E-state index in [0.29, 0.717) is 29.6 Å². The van der Waals surface area contributed by atoms with Crippen molar-refractivity contribution in [2.24, 2.45) is 0 Å². The highest BCUT2D eigenvalue weighted by Gasteiger charge is 2.11. The van der Waals surface area contributed by atoms with Crippen LogP contribution in [0.3, 0.4) is 0 Å². The van der Waals surface area contributed by atoms with E-state index >= 15 is 0 Å². The molecule has 0 bridgehead atoms. The molecule has 8 heteroatoms. The van der Waals surface area contributed by atoms with Gasteiger partial charge in [0.15, 0.2) is 0 Å². The number of anilines is 1. The zero-order chi connectivity index (χ0) is 18.9. The molecule has 3 rings (SSSR count). The first-order valence-electron chi connectivity index (χ1n) is 8.88. The van der Waals surface area contributed by atoms with Gasteiger partial charge in [0, 0.05) is 38.1 Å². The lowest BCUT2D eigenvalue weighted by molar-refractivity contribution is 0.0388. The van der Waals surface area contributed by atoms with Crippen molar-refractivity contribution >= 4 is 23.3 Å². The maximum Gasteiger partial charge on any atom is 0.319 e. The zero-order valence-electron chi connectivity index (χ0n) is 15.0. The van der Waals surface area contributed by atoms with Gasteiger partial charge in [-0.25, -0.2) is 4.79 Å². The molecular weight excluding hydrogens is 368 g/mol. The highest BCUT2D eigenvalue weighted by molar-refractivity contribution is 6.32. The quantitative estimate of drug-likeness (QED) is 0.760. The van der Waals surface area contributed by atoms with Crippen molar-refractivity contribution in [2.45, 2.75) is 6.61 Å². The minimum Gasteiger partial charge on any atom is -0.486 e. The second-order valence-corrected chi connectivity index (χ2v) is 6.50. The van der Waals surface area contributed by atoms with Gasteiger partial charge in [-0.1, -0.05) is 17.7 Å². The van der Waals surface area contributed by atoms with Crippen LogP contribution < -0.4 is 15.4 Å². The van der Waals surface area contributed by atoms with Crippen molar-refractivity contribution in [2.75, 3.05) is 44.7 Å². The number of nitrogens with one attached hydrogen (secondary N) is 2. The van der Waals surface area contributed by atoms with Crippen LogP contribution in [0, 0.1) is 0 Å². The van der Waals surface area contributed by atoms with Crippen LogP contribution in [0.2, 0.25) is 5.02 Å². The largest absolute Gasteiger partial charge is 0.486 e. The molecule has 0 spiro atoms. The fourth-order valence-corrected chi connectivity index (χ4v) is 2.89. The maximum absolute atomic E-state index is 12.0. The minimum absolute atomic E-state index is 0.263. The maximum atomic E-state index is 12.0. The monoisotopic (exact) mass is 390 g/mol. The molecular formula is C19H23ClN4O3.